The molecule has 4 nitrogen and oxygen atoms in total. The Kier molecular flexibility index (Phi) is 5.83. The Hall–Kier alpha value is -2.49. The Morgan fingerprint density at radius 1 is 1.14 bits per heavy atom. The number of hydrogen-bond acceptors (Lipinski definition) is 4. The normalized spacial score (nSPS) is 10.2. The summed E-state index contributed by atoms with van der Waals surface area (Å²) in [4.78, 5) is 11.8. The van der Waals surface area contributed by atoms with Crippen LogP contribution >= 0.6 is 0 Å². The molecule has 0 aromatic heterocycles. The molecule has 0 radical (unpaired) electrons. The van der Waals surface area contributed by atoms with Crippen molar-refractivity contribution in [3.8, 4) is 5.75 Å². The number of unbranched alkanes of at least 4 members (excludes halogenated alkanes) is 1. The van der Waals surface area contributed by atoms with Gasteiger partial charge in [-0.3, -0.25) is 0 Å². The summed E-state index contributed by atoms with van der Waals surface area (Å²) in [7, 11) is 0. The van der Waals surface area contributed by atoms with E-state index in [9.17, 15) is 4.79 Å². The molecule has 0 heterocycles. The second-order valence-corrected chi connectivity index (χ2v) is 5.02. The molecule has 0 amide bonds. The van der Waals surface area contributed by atoms with E-state index in [-0.39, 0.29) is 5.97 Å². The summed E-state index contributed by atoms with van der Waals surface area (Å²) in [5.41, 5.74) is 7.88. The average Bonchev–Trinajstić information content (AvgIpc) is 2.54. The lowest BCUT2D eigenvalue weighted by atomic mass is 10.2. The third-order valence-electron chi connectivity index (χ3n) is 3.21. The molecule has 0 saturated carbocycles. The van der Waals surface area contributed by atoms with Crippen molar-refractivity contribution in [2.45, 2.75) is 26.4 Å². The van der Waals surface area contributed by atoms with Gasteiger partial charge in [-0.25, -0.2) is 4.79 Å². The summed E-state index contributed by atoms with van der Waals surface area (Å²) in [6.45, 7) is 2.91. The van der Waals surface area contributed by atoms with Gasteiger partial charge in [-0.15, -0.1) is 0 Å². The first-order valence-corrected chi connectivity index (χ1v) is 7.44. The molecule has 0 aliphatic heterocycles. The van der Waals surface area contributed by atoms with Crippen LogP contribution in [0.2, 0.25) is 0 Å². The number of esters is 1. The quantitative estimate of drug-likeness (QED) is 0.480. The van der Waals surface area contributed by atoms with Crippen molar-refractivity contribution in [2.24, 2.45) is 0 Å². The Labute approximate surface area is 130 Å². The largest absolute Gasteiger partial charge is 0.487 e. The highest BCUT2D eigenvalue weighted by Crippen LogP contribution is 2.24. The highest BCUT2D eigenvalue weighted by atomic mass is 16.5. The van der Waals surface area contributed by atoms with Gasteiger partial charge >= 0.3 is 5.97 Å². The van der Waals surface area contributed by atoms with E-state index in [1.165, 1.54) is 0 Å². The fourth-order valence-corrected chi connectivity index (χ4v) is 1.93. The molecule has 0 unspecified atom stereocenters. The van der Waals surface area contributed by atoms with E-state index in [4.69, 9.17) is 15.2 Å². The van der Waals surface area contributed by atoms with Crippen molar-refractivity contribution in [3.63, 3.8) is 0 Å². The zero-order valence-electron chi connectivity index (χ0n) is 12.7. The molecule has 2 aromatic rings. The van der Waals surface area contributed by atoms with E-state index in [2.05, 4.69) is 0 Å². The van der Waals surface area contributed by atoms with E-state index < -0.39 is 0 Å². The highest BCUT2D eigenvalue weighted by molar-refractivity contribution is 5.91. The summed E-state index contributed by atoms with van der Waals surface area (Å²) in [6.07, 6.45) is 1.85. The van der Waals surface area contributed by atoms with E-state index in [1.54, 1.807) is 18.2 Å². The van der Waals surface area contributed by atoms with Gasteiger partial charge in [-0.05, 0) is 30.2 Å². The first-order valence-electron chi connectivity index (χ1n) is 7.44. The van der Waals surface area contributed by atoms with Gasteiger partial charge in [0.15, 0.2) is 0 Å². The van der Waals surface area contributed by atoms with Crippen LogP contribution < -0.4 is 10.5 Å². The van der Waals surface area contributed by atoms with Crippen molar-refractivity contribution in [1.29, 1.82) is 0 Å². The smallest absolute Gasteiger partial charge is 0.338 e. The molecule has 0 atom stereocenters. The van der Waals surface area contributed by atoms with Crippen molar-refractivity contribution in [1.82, 2.24) is 0 Å². The minimum Gasteiger partial charge on any atom is -0.487 e. The zero-order chi connectivity index (χ0) is 15.8. The molecule has 0 spiro atoms. The lowest BCUT2D eigenvalue weighted by Crippen LogP contribution is -2.07. The maximum absolute atomic E-state index is 11.8. The molecule has 22 heavy (non-hydrogen) atoms. The van der Waals surface area contributed by atoms with Crippen LogP contribution in [0.25, 0.3) is 0 Å². The highest BCUT2D eigenvalue weighted by Gasteiger charge is 2.10. The Morgan fingerprint density at radius 3 is 2.59 bits per heavy atom. The van der Waals surface area contributed by atoms with Gasteiger partial charge in [0.2, 0.25) is 0 Å². The van der Waals surface area contributed by atoms with Gasteiger partial charge in [0.1, 0.15) is 12.4 Å². The first kappa shape index (κ1) is 15.9. The predicted octanol–water partition coefficient (Wildman–Crippen LogP) is 3.80. The third kappa shape index (κ3) is 4.52. The predicted molar refractivity (Wildman–Crippen MR) is 86.8 cm³/mol. The van der Waals surface area contributed by atoms with Gasteiger partial charge in [-0.2, -0.15) is 0 Å². The molecular weight excluding hydrogens is 278 g/mol. The van der Waals surface area contributed by atoms with Crippen LogP contribution in [0.5, 0.6) is 5.75 Å². The maximum Gasteiger partial charge on any atom is 0.338 e. The topological polar surface area (TPSA) is 61.5 Å². The fraction of sp³-hybridized carbons (Fsp3) is 0.278. The fourth-order valence-electron chi connectivity index (χ4n) is 1.93. The summed E-state index contributed by atoms with van der Waals surface area (Å²) in [6, 6.07) is 14.8. The Morgan fingerprint density at radius 2 is 1.91 bits per heavy atom. The standard InChI is InChI=1S/C18H21NO3/c1-2-3-11-21-18(20)15-9-10-17(16(19)12-15)22-13-14-7-5-4-6-8-14/h4-10,12H,2-3,11,13,19H2,1H3. The number of benzene rings is 2. The number of hydrogen-bond donors (Lipinski definition) is 1. The number of carbonyl (C=O) groups is 1. The average molecular weight is 299 g/mol. The Bertz CT molecular complexity index is 611. The van der Waals surface area contributed by atoms with Gasteiger partial charge in [0.25, 0.3) is 0 Å². The van der Waals surface area contributed by atoms with Crippen LogP contribution in [0, 0.1) is 0 Å². The van der Waals surface area contributed by atoms with Crippen LogP contribution in [-0.2, 0) is 11.3 Å². The van der Waals surface area contributed by atoms with Crippen LogP contribution in [0.1, 0.15) is 35.7 Å². The zero-order valence-corrected chi connectivity index (χ0v) is 12.7. The van der Waals surface area contributed by atoms with Crippen molar-refractivity contribution >= 4 is 11.7 Å². The number of nitrogens with two attached hydrogens (primary N) is 1. The van der Waals surface area contributed by atoms with E-state index >= 15 is 0 Å². The SMILES string of the molecule is CCCCOC(=O)c1ccc(OCc2ccccc2)c(N)c1. The summed E-state index contributed by atoms with van der Waals surface area (Å²) < 4.78 is 10.8. The maximum atomic E-state index is 11.8. The molecule has 0 fully saturated rings. The van der Waals surface area contributed by atoms with E-state index in [1.807, 2.05) is 37.3 Å². The molecule has 0 aliphatic rings. The molecule has 0 aliphatic carbocycles. The number of anilines is 1. The molecular formula is C18H21NO3. The van der Waals surface area contributed by atoms with Crippen molar-refractivity contribution < 1.29 is 14.3 Å². The van der Waals surface area contributed by atoms with E-state index in [0.29, 0.717) is 30.2 Å². The summed E-state index contributed by atoms with van der Waals surface area (Å²) in [5, 5.41) is 0. The number of rotatable bonds is 7. The summed E-state index contributed by atoms with van der Waals surface area (Å²) in [5.74, 6) is 0.212. The van der Waals surface area contributed by atoms with Crippen molar-refractivity contribution in [3.05, 3.63) is 59.7 Å². The van der Waals surface area contributed by atoms with Gasteiger partial charge in [-0.1, -0.05) is 43.7 Å². The van der Waals surface area contributed by atoms with Crippen molar-refractivity contribution in [2.75, 3.05) is 12.3 Å². The lowest BCUT2D eigenvalue weighted by Gasteiger charge is -2.10. The number of carbonyl (C=O) groups excluding carboxylic acids is 1. The van der Waals surface area contributed by atoms with E-state index in [0.717, 1.165) is 18.4 Å². The lowest BCUT2D eigenvalue weighted by molar-refractivity contribution is 0.0500. The molecule has 2 aromatic carbocycles. The minimum atomic E-state index is -0.352. The molecule has 2 rings (SSSR count). The van der Waals surface area contributed by atoms with Crippen LogP contribution in [-0.4, -0.2) is 12.6 Å². The molecule has 4 heteroatoms. The molecule has 0 saturated heterocycles. The summed E-state index contributed by atoms with van der Waals surface area (Å²) >= 11 is 0. The second kappa shape index (κ2) is 8.08. The van der Waals surface area contributed by atoms with Crippen LogP contribution in [0.15, 0.2) is 48.5 Å². The first-order chi connectivity index (χ1) is 10.7. The molecule has 2 N–H and O–H groups in total. The Balaban J connectivity index is 1.96. The van der Waals surface area contributed by atoms with Gasteiger partial charge < -0.3 is 15.2 Å². The van der Waals surface area contributed by atoms with Crippen LogP contribution in [0.3, 0.4) is 0 Å². The molecule has 116 valence electrons. The minimum absolute atomic E-state index is 0.352. The van der Waals surface area contributed by atoms with Gasteiger partial charge in [0, 0.05) is 0 Å². The molecule has 0 bridgehead atoms. The monoisotopic (exact) mass is 299 g/mol. The number of ether oxygens (including phenoxy) is 2. The van der Waals surface area contributed by atoms with Crippen LogP contribution in [0.4, 0.5) is 5.69 Å². The second-order valence-electron chi connectivity index (χ2n) is 5.02. The number of nitrogen functional groups attached to an aromatic ring is 1. The third-order valence-corrected chi connectivity index (χ3v) is 3.21. The van der Waals surface area contributed by atoms with Gasteiger partial charge in [0.05, 0.1) is 17.9 Å².